The van der Waals surface area contributed by atoms with E-state index in [4.69, 9.17) is 0 Å². The van der Waals surface area contributed by atoms with E-state index in [1.165, 1.54) is 12.0 Å². The van der Waals surface area contributed by atoms with Crippen LogP contribution in [0.4, 0.5) is 5.69 Å². The number of nitrogens with one attached hydrogen (secondary N) is 2. The number of aryl methyl sites for hydroxylation is 1. The van der Waals surface area contributed by atoms with Crippen LogP contribution in [0.15, 0.2) is 24.3 Å². The first-order valence-electron chi connectivity index (χ1n) is 7.42. The summed E-state index contributed by atoms with van der Waals surface area (Å²) in [5, 5.41) is 6.57. The van der Waals surface area contributed by atoms with E-state index in [1.807, 2.05) is 12.1 Å². The van der Waals surface area contributed by atoms with Gasteiger partial charge in [-0.15, -0.1) is 0 Å². The average Bonchev–Trinajstić information content (AvgIpc) is 3.04. The summed E-state index contributed by atoms with van der Waals surface area (Å²) in [6.07, 6.45) is 5.65. The molecule has 2 saturated heterocycles. The fourth-order valence-electron chi connectivity index (χ4n) is 3.39. The van der Waals surface area contributed by atoms with Gasteiger partial charge in [0.05, 0.1) is 5.92 Å². The molecule has 3 unspecified atom stereocenters. The fraction of sp³-hybridized carbons (Fsp3) is 0.562. The summed E-state index contributed by atoms with van der Waals surface area (Å²) in [6.45, 7) is 2.18. The Labute approximate surface area is 114 Å². The molecule has 2 aliphatic heterocycles. The lowest BCUT2D eigenvalue weighted by Crippen LogP contribution is -2.32. The molecule has 3 atom stereocenters. The van der Waals surface area contributed by atoms with Crippen LogP contribution in [0.5, 0.6) is 0 Å². The van der Waals surface area contributed by atoms with Crippen LogP contribution in [-0.4, -0.2) is 18.0 Å². The first kappa shape index (κ1) is 12.7. The molecular weight excluding hydrogens is 236 g/mol. The molecular formula is C16H22N2O. The topological polar surface area (TPSA) is 41.1 Å². The molecule has 2 heterocycles. The normalized spacial score (nSPS) is 28.6. The van der Waals surface area contributed by atoms with Crippen LogP contribution in [0.1, 0.15) is 38.2 Å². The number of benzene rings is 1. The molecule has 2 N–H and O–H groups in total. The highest BCUT2D eigenvalue weighted by Gasteiger charge is 2.42. The second-order valence-corrected chi connectivity index (χ2v) is 5.83. The average molecular weight is 258 g/mol. The number of hydrogen-bond donors (Lipinski definition) is 2. The molecule has 3 nitrogen and oxygen atoms in total. The number of carbonyl (C=O) groups is 1. The summed E-state index contributed by atoms with van der Waals surface area (Å²) >= 11 is 0. The highest BCUT2D eigenvalue weighted by molar-refractivity contribution is 5.93. The van der Waals surface area contributed by atoms with E-state index in [1.54, 1.807) is 0 Å². The number of rotatable bonds is 4. The monoisotopic (exact) mass is 258 g/mol. The maximum atomic E-state index is 12.3. The van der Waals surface area contributed by atoms with Crippen LogP contribution < -0.4 is 10.6 Å². The van der Waals surface area contributed by atoms with E-state index < -0.39 is 0 Å². The Morgan fingerprint density at radius 3 is 2.68 bits per heavy atom. The minimum atomic E-state index is 0.161. The van der Waals surface area contributed by atoms with Crippen LogP contribution in [0.2, 0.25) is 0 Å². The predicted octanol–water partition coefficient (Wildman–Crippen LogP) is 2.72. The van der Waals surface area contributed by atoms with E-state index in [0.29, 0.717) is 12.1 Å². The lowest BCUT2D eigenvalue weighted by atomic mass is 9.88. The van der Waals surface area contributed by atoms with Crippen molar-refractivity contribution in [2.75, 3.05) is 5.32 Å². The Kier molecular flexibility index (Phi) is 3.56. The Bertz CT molecular complexity index is 454. The van der Waals surface area contributed by atoms with E-state index in [0.717, 1.165) is 31.4 Å². The molecule has 2 aliphatic rings. The summed E-state index contributed by atoms with van der Waals surface area (Å²) in [6, 6.07) is 9.24. The molecule has 1 aromatic rings. The third-order valence-corrected chi connectivity index (χ3v) is 4.40. The van der Waals surface area contributed by atoms with Crippen LogP contribution in [0.3, 0.4) is 0 Å². The molecule has 0 radical (unpaired) electrons. The zero-order valence-electron chi connectivity index (χ0n) is 11.5. The Hall–Kier alpha value is -1.35. The minimum absolute atomic E-state index is 0.161. The molecule has 3 heteroatoms. The molecule has 2 fully saturated rings. The zero-order valence-corrected chi connectivity index (χ0v) is 11.5. The summed E-state index contributed by atoms with van der Waals surface area (Å²) in [5.74, 6) is 0.344. The molecule has 2 bridgehead atoms. The van der Waals surface area contributed by atoms with Gasteiger partial charge in [-0.2, -0.15) is 0 Å². The van der Waals surface area contributed by atoms with Gasteiger partial charge in [-0.25, -0.2) is 0 Å². The van der Waals surface area contributed by atoms with Gasteiger partial charge in [-0.05, 0) is 43.4 Å². The van der Waals surface area contributed by atoms with Gasteiger partial charge in [-0.3, -0.25) is 4.79 Å². The second-order valence-electron chi connectivity index (χ2n) is 5.83. The van der Waals surface area contributed by atoms with Crippen LogP contribution >= 0.6 is 0 Å². The summed E-state index contributed by atoms with van der Waals surface area (Å²) in [5.41, 5.74) is 2.26. The van der Waals surface area contributed by atoms with Gasteiger partial charge >= 0.3 is 0 Å². The maximum Gasteiger partial charge on any atom is 0.229 e. The zero-order chi connectivity index (χ0) is 13.2. The van der Waals surface area contributed by atoms with Crippen molar-refractivity contribution < 1.29 is 4.79 Å². The quantitative estimate of drug-likeness (QED) is 0.872. The number of hydrogen-bond acceptors (Lipinski definition) is 2. The standard InChI is InChI=1S/C16H22N2O/c1-2-3-11-4-6-12(7-5-11)18-16(19)14-10-13-8-9-15(14)17-13/h4-7,13-15,17H,2-3,8-10H2,1H3,(H,18,19). The number of fused-ring (bicyclic) bond motifs is 2. The van der Waals surface area contributed by atoms with Gasteiger partial charge in [0, 0.05) is 17.8 Å². The van der Waals surface area contributed by atoms with Crippen molar-refractivity contribution in [2.24, 2.45) is 5.92 Å². The summed E-state index contributed by atoms with van der Waals surface area (Å²) < 4.78 is 0. The highest BCUT2D eigenvalue weighted by Crippen LogP contribution is 2.33. The molecule has 0 saturated carbocycles. The molecule has 0 aliphatic carbocycles. The molecule has 3 rings (SSSR count). The van der Waals surface area contributed by atoms with Gasteiger partial charge in [-0.1, -0.05) is 25.5 Å². The van der Waals surface area contributed by atoms with Gasteiger partial charge in [0.1, 0.15) is 0 Å². The predicted molar refractivity (Wildman–Crippen MR) is 77.1 cm³/mol. The Morgan fingerprint density at radius 2 is 2.11 bits per heavy atom. The SMILES string of the molecule is CCCc1ccc(NC(=O)C2CC3CCC2N3)cc1. The molecule has 1 aromatic carbocycles. The van der Waals surface area contributed by atoms with Gasteiger partial charge in [0.2, 0.25) is 5.91 Å². The third-order valence-electron chi connectivity index (χ3n) is 4.40. The number of anilines is 1. The minimum Gasteiger partial charge on any atom is -0.326 e. The van der Waals surface area contributed by atoms with E-state index >= 15 is 0 Å². The molecule has 0 spiro atoms. The number of carbonyl (C=O) groups excluding carboxylic acids is 1. The lowest BCUT2D eigenvalue weighted by Gasteiger charge is -2.19. The molecule has 19 heavy (non-hydrogen) atoms. The summed E-state index contributed by atoms with van der Waals surface area (Å²) in [4.78, 5) is 12.3. The van der Waals surface area contributed by atoms with Gasteiger partial charge < -0.3 is 10.6 Å². The van der Waals surface area contributed by atoms with Crippen molar-refractivity contribution in [3.8, 4) is 0 Å². The van der Waals surface area contributed by atoms with E-state index in [-0.39, 0.29) is 11.8 Å². The van der Waals surface area contributed by atoms with Crippen molar-refractivity contribution in [3.05, 3.63) is 29.8 Å². The Morgan fingerprint density at radius 1 is 1.32 bits per heavy atom. The highest BCUT2D eigenvalue weighted by atomic mass is 16.2. The largest absolute Gasteiger partial charge is 0.326 e. The molecule has 0 aromatic heterocycles. The molecule has 1 amide bonds. The first-order chi connectivity index (χ1) is 9.26. The van der Waals surface area contributed by atoms with Crippen LogP contribution in [-0.2, 0) is 11.2 Å². The van der Waals surface area contributed by atoms with E-state index in [9.17, 15) is 4.79 Å². The van der Waals surface area contributed by atoms with E-state index in [2.05, 4.69) is 29.7 Å². The van der Waals surface area contributed by atoms with Crippen molar-refractivity contribution >= 4 is 11.6 Å². The fourth-order valence-corrected chi connectivity index (χ4v) is 3.39. The van der Waals surface area contributed by atoms with Crippen molar-refractivity contribution in [2.45, 2.75) is 51.1 Å². The van der Waals surface area contributed by atoms with Crippen molar-refractivity contribution in [1.29, 1.82) is 0 Å². The smallest absolute Gasteiger partial charge is 0.229 e. The van der Waals surface area contributed by atoms with Crippen LogP contribution in [0.25, 0.3) is 0 Å². The third kappa shape index (κ3) is 2.66. The van der Waals surface area contributed by atoms with Crippen LogP contribution in [0, 0.1) is 5.92 Å². The van der Waals surface area contributed by atoms with Gasteiger partial charge in [0.15, 0.2) is 0 Å². The number of amides is 1. The van der Waals surface area contributed by atoms with Gasteiger partial charge in [0.25, 0.3) is 0 Å². The second kappa shape index (κ2) is 5.33. The summed E-state index contributed by atoms with van der Waals surface area (Å²) in [7, 11) is 0. The Balaban J connectivity index is 1.60. The first-order valence-corrected chi connectivity index (χ1v) is 7.42. The molecule has 102 valence electrons. The van der Waals surface area contributed by atoms with Crippen molar-refractivity contribution in [3.63, 3.8) is 0 Å². The lowest BCUT2D eigenvalue weighted by molar-refractivity contribution is -0.120. The van der Waals surface area contributed by atoms with Crippen molar-refractivity contribution in [1.82, 2.24) is 5.32 Å². The maximum absolute atomic E-state index is 12.3.